The number of nitrogens with zero attached hydrogens (tertiary/aromatic N) is 1. The number of thioether (sulfide) groups is 1. The molecule has 0 heterocycles. The third-order valence-electron chi connectivity index (χ3n) is 2.32. The van der Waals surface area contributed by atoms with Crippen LogP contribution in [-0.2, 0) is 6.42 Å². The van der Waals surface area contributed by atoms with Crippen molar-refractivity contribution in [3.05, 3.63) is 35.9 Å². The van der Waals surface area contributed by atoms with Gasteiger partial charge in [-0.1, -0.05) is 49.0 Å². The van der Waals surface area contributed by atoms with E-state index in [1.165, 1.54) is 17.3 Å². The van der Waals surface area contributed by atoms with E-state index in [4.69, 9.17) is 0 Å². The van der Waals surface area contributed by atoms with E-state index in [1.807, 2.05) is 25.2 Å². The zero-order valence-corrected chi connectivity index (χ0v) is 10.8. The fraction of sp³-hybridized carbons (Fsp3) is 0.462. The molecule has 0 saturated carbocycles. The molecule has 1 aromatic rings. The van der Waals surface area contributed by atoms with Gasteiger partial charge in [-0.15, -0.1) is 0 Å². The predicted molar refractivity (Wildman–Crippen MR) is 70.9 cm³/mol. The Balaban J connectivity index is 2.29. The van der Waals surface area contributed by atoms with E-state index >= 15 is 0 Å². The van der Waals surface area contributed by atoms with Gasteiger partial charge in [0.2, 0.25) is 0 Å². The molecule has 0 aromatic heterocycles. The Bertz CT molecular complexity index is 313. The summed E-state index contributed by atoms with van der Waals surface area (Å²) in [6.07, 6.45) is 1.97. The lowest BCUT2D eigenvalue weighted by molar-refractivity contribution is 0.234. The maximum absolute atomic E-state index is 11.6. The van der Waals surface area contributed by atoms with E-state index in [9.17, 15) is 4.79 Å². The Hall–Kier alpha value is -0.960. The van der Waals surface area contributed by atoms with E-state index in [0.29, 0.717) is 0 Å². The van der Waals surface area contributed by atoms with Crippen LogP contribution in [0.5, 0.6) is 0 Å². The minimum Gasteiger partial charge on any atom is -0.336 e. The highest BCUT2D eigenvalue weighted by Crippen LogP contribution is 2.09. The summed E-state index contributed by atoms with van der Waals surface area (Å²) in [7, 11) is 1.87. The van der Waals surface area contributed by atoms with E-state index in [-0.39, 0.29) is 5.24 Å². The van der Waals surface area contributed by atoms with Crippen LogP contribution in [-0.4, -0.2) is 29.5 Å². The second-order valence-electron chi connectivity index (χ2n) is 3.77. The molecule has 88 valence electrons. The minimum atomic E-state index is 0.179. The number of hydrogen-bond donors (Lipinski definition) is 0. The summed E-state index contributed by atoms with van der Waals surface area (Å²) < 4.78 is 0. The summed E-state index contributed by atoms with van der Waals surface area (Å²) in [4.78, 5) is 13.4. The van der Waals surface area contributed by atoms with Crippen molar-refractivity contribution in [1.82, 2.24) is 4.90 Å². The van der Waals surface area contributed by atoms with E-state index in [0.717, 1.165) is 25.1 Å². The van der Waals surface area contributed by atoms with Gasteiger partial charge in [0.25, 0.3) is 5.24 Å². The van der Waals surface area contributed by atoms with Crippen molar-refractivity contribution in [3.63, 3.8) is 0 Å². The summed E-state index contributed by atoms with van der Waals surface area (Å²) in [5.41, 5.74) is 1.28. The Morgan fingerprint density at radius 2 is 2.00 bits per heavy atom. The molecule has 0 saturated heterocycles. The molecular weight excluding hydrogens is 218 g/mol. The minimum absolute atomic E-state index is 0.179. The molecule has 2 nitrogen and oxygen atoms in total. The Morgan fingerprint density at radius 3 is 2.62 bits per heavy atom. The van der Waals surface area contributed by atoms with Crippen LogP contribution in [0, 0.1) is 0 Å². The number of benzene rings is 1. The number of amides is 1. The molecule has 3 heteroatoms. The molecular formula is C13H19NOS. The van der Waals surface area contributed by atoms with Gasteiger partial charge in [-0.2, -0.15) is 0 Å². The van der Waals surface area contributed by atoms with Gasteiger partial charge in [0.1, 0.15) is 0 Å². The van der Waals surface area contributed by atoms with Gasteiger partial charge in [0.15, 0.2) is 0 Å². The van der Waals surface area contributed by atoms with Gasteiger partial charge in [0, 0.05) is 19.3 Å². The first kappa shape index (κ1) is 13.1. The van der Waals surface area contributed by atoms with Gasteiger partial charge in [0.05, 0.1) is 0 Å². The maximum atomic E-state index is 11.6. The van der Waals surface area contributed by atoms with E-state index in [2.05, 4.69) is 19.1 Å². The number of hydrogen-bond acceptors (Lipinski definition) is 2. The third kappa shape index (κ3) is 4.71. The quantitative estimate of drug-likeness (QED) is 0.782. The molecule has 0 radical (unpaired) electrons. The molecule has 1 aromatic carbocycles. The fourth-order valence-electron chi connectivity index (χ4n) is 1.33. The highest BCUT2D eigenvalue weighted by molar-refractivity contribution is 8.13. The molecule has 0 fully saturated rings. The van der Waals surface area contributed by atoms with Crippen LogP contribution in [0.25, 0.3) is 0 Å². The topological polar surface area (TPSA) is 20.3 Å². The molecule has 0 bridgehead atoms. The van der Waals surface area contributed by atoms with Crippen LogP contribution in [0.1, 0.15) is 18.9 Å². The average Bonchev–Trinajstić information content (AvgIpc) is 2.34. The zero-order valence-electron chi connectivity index (χ0n) is 9.98. The van der Waals surface area contributed by atoms with Crippen molar-refractivity contribution >= 4 is 17.0 Å². The average molecular weight is 237 g/mol. The smallest absolute Gasteiger partial charge is 0.281 e. The van der Waals surface area contributed by atoms with Gasteiger partial charge in [-0.3, -0.25) is 4.79 Å². The first-order chi connectivity index (χ1) is 7.74. The Kier molecular flexibility index (Phi) is 6.01. The molecule has 0 spiro atoms. The summed E-state index contributed by atoms with van der Waals surface area (Å²) in [6, 6.07) is 10.3. The van der Waals surface area contributed by atoms with Crippen molar-refractivity contribution in [2.24, 2.45) is 0 Å². The monoisotopic (exact) mass is 237 g/mol. The zero-order chi connectivity index (χ0) is 11.8. The highest BCUT2D eigenvalue weighted by Gasteiger charge is 2.07. The van der Waals surface area contributed by atoms with Gasteiger partial charge < -0.3 is 4.90 Å². The lowest BCUT2D eigenvalue weighted by Gasteiger charge is -2.16. The van der Waals surface area contributed by atoms with Crippen LogP contribution < -0.4 is 0 Å². The molecule has 0 unspecified atom stereocenters. The molecule has 0 atom stereocenters. The van der Waals surface area contributed by atoms with E-state index < -0.39 is 0 Å². The van der Waals surface area contributed by atoms with Crippen molar-refractivity contribution < 1.29 is 4.79 Å². The predicted octanol–water partition coefficient (Wildman–Crippen LogP) is 3.42. The lowest BCUT2D eigenvalue weighted by Crippen LogP contribution is -2.25. The normalized spacial score (nSPS) is 10.1. The summed E-state index contributed by atoms with van der Waals surface area (Å²) in [6.45, 7) is 2.88. The van der Waals surface area contributed by atoms with Gasteiger partial charge in [-0.25, -0.2) is 0 Å². The first-order valence-electron chi connectivity index (χ1n) is 5.66. The number of likely N-dealkylation sites (N-methyl/N-ethyl adjacent to an activating group) is 1. The van der Waals surface area contributed by atoms with Crippen LogP contribution in [0.2, 0.25) is 0 Å². The van der Waals surface area contributed by atoms with Crippen LogP contribution >= 0.6 is 11.8 Å². The second kappa shape index (κ2) is 7.34. The Morgan fingerprint density at radius 1 is 1.31 bits per heavy atom. The summed E-state index contributed by atoms with van der Waals surface area (Å²) >= 11 is 1.41. The van der Waals surface area contributed by atoms with E-state index in [1.54, 1.807) is 4.90 Å². The molecule has 1 amide bonds. The molecule has 0 aliphatic carbocycles. The van der Waals surface area contributed by atoms with Crippen molar-refractivity contribution in [2.45, 2.75) is 19.8 Å². The Labute approximate surface area is 102 Å². The van der Waals surface area contributed by atoms with Crippen molar-refractivity contribution in [3.8, 4) is 0 Å². The van der Waals surface area contributed by atoms with Gasteiger partial charge in [-0.05, 0) is 18.4 Å². The SMILES string of the molecule is CCCSC(=O)N(C)CCc1ccccc1. The van der Waals surface area contributed by atoms with Crippen molar-refractivity contribution in [2.75, 3.05) is 19.3 Å². The number of carbonyl (C=O) groups excluding carboxylic acids is 1. The molecule has 0 aliphatic heterocycles. The van der Waals surface area contributed by atoms with Gasteiger partial charge >= 0.3 is 0 Å². The van der Waals surface area contributed by atoms with Crippen LogP contribution in [0.3, 0.4) is 0 Å². The molecule has 0 aliphatic rings. The van der Waals surface area contributed by atoms with Crippen LogP contribution in [0.4, 0.5) is 4.79 Å². The number of carbonyl (C=O) groups is 1. The van der Waals surface area contributed by atoms with Crippen LogP contribution in [0.15, 0.2) is 30.3 Å². The maximum Gasteiger partial charge on any atom is 0.281 e. The third-order valence-corrected chi connectivity index (χ3v) is 3.49. The number of rotatable bonds is 5. The lowest BCUT2D eigenvalue weighted by atomic mass is 10.1. The second-order valence-corrected chi connectivity index (χ2v) is 4.82. The fourth-order valence-corrected chi connectivity index (χ4v) is 2.02. The molecule has 1 rings (SSSR count). The standard InChI is InChI=1S/C13H19NOS/c1-3-11-16-13(15)14(2)10-9-12-7-5-4-6-8-12/h4-8H,3,9-11H2,1-2H3. The van der Waals surface area contributed by atoms with Crippen molar-refractivity contribution in [1.29, 1.82) is 0 Å². The summed E-state index contributed by atoms with van der Waals surface area (Å²) in [5.74, 6) is 0.911. The molecule has 16 heavy (non-hydrogen) atoms. The summed E-state index contributed by atoms with van der Waals surface area (Å²) in [5, 5.41) is 0.179. The first-order valence-corrected chi connectivity index (χ1v) is 6.64. The largest absolute Gasteiger partial charge is 0.336 e. The highest BCUT2D eigenvalue weighted by atomic mass is 32.2. The molecule has 0 N–H and O–H groups in total.